The van der Waals surface area contributed by atoms with E-state index in [1.165, 1.54) is 22.9 Å². The molecule has 0 atom stereocenters. The van der Waals surface area contributed by atoms with E-state index >= 15 is 0 Å². The number of rotatable bonds is 7. The largest absolute Gasteiger partial charge is 0.492 e. The Morgan fingerprint density at radius 1 is 0.935 bits per heavy atom. The van der Waals surface area contributed by atoms with Gasteiger partial charge in [-0.3, -0.25) is 24.0 Å². The monoisotopic (exact) mass is 418 g/mol. The maximum atomic E-state index is 13.1. The first-order chi connectivity index (χ1) is 15.0. The maximum absolute atomic E-state index is 13.1. The quantitative estimate of drug-likeness (QED) is 0.337. The molecule has 4 rings (SSSR count). The fraction of sp³-hybridized carbons (Fsp3) is 0.136. The van der Waals surface area contributed by atoms with Crippen LogP contribution in [0.15, 0.2) is 82.5 Å². The molecule has 0 aliphatic carbocycles. The highest BCUT2D eigenvalue weighted by Gasteiger charge is 2.15. The second kappa shape index (κ2) is 8.62. The topological polar surface area (TPSA) is 109 Å². The van der Waals surface area contributed by atoms with Crippen LogP contribution in [0.3, 0.4) is 0 Å². The van der Waals surface area contributed by atoms with Gasteiger partial charge in [0, 0.05) is 18.3 Å². The molecule has 9 nitrogen and oxygen atoms in total. The molecule has 2 aromatic heterocycles. The third kappa shape index (κ3) is 4.20. The normalized spacial score (nSPS) is 10.8. The van der Waals surface area contributed by atoms with Crippen LogP contribution in [0.2, 0.25) is 0 Å². The molecule has 156 valence electrons. The molecule has 0 saturated carbocycles. The Kier molecular flexibility index (Phi) is 5.57. The molecule has 0 fully saturated rings. The van der Waals surface area contributed by atoms with Crippen molar-refractivity contribution in [2.45, 2.75) is 13.1 Å². The molecule has 31 heavy (non-hydrogen) atoms. The van der Waals surface area contributed by atoms with Gasteiger partial charge in [-0.05, 0) is 29.8 Å². The number of benzene rings is 2. The zero-order valence-corrected chi connectivity index (χ0v) is 16.4. The molecule has 0 bridgehead atoms. The smallest absolute Gasteiger partial charge is 0.333 e. The number of nitro benzene ring substituents is 1. The Labute approximate surface area is 175 Å². The van der Waals surface area contributed by atoms with E-state index in [4.69, 9.17) is 4.74 Å². The summed E-state index contributed by atoms with van der Waals surface area (Å²) >= 11 is 0. The lowest BCUT2D eigenvalue weighted by molar-refractivity contribution is -0.384. The van der Waals surface area contributed by atoms with Gasteiger partial charge < -0.3 is 4.74 Å². The Balaban J connectivity index is 1.69. The number of nitro groups is 1. The average Bonchev–Trinajstić information content (AvgIpc) is 2.80. The van der Waals surface area contributed by atoms with Crippen LogP contribution in [0.25, 0.3) is 11.0 Å². The van der Waals surface area contributed by atoms with Gasteiger partial charge in [-0.1, -0.05) is 30.3 Å². The highest BCUT2D eigenvalue weighted by molar-refractivity contribution is 5.73. The van der Waals surface area contributed by atoms with Crippen molar-refractivity contribution >= 4 is 16.7 Å². The van der Waals surface area contributed by atoms with Crippen LogP contribution in [0, 0.1) is 10.1 Å². The van der Waals surface area contributed by atoms with E-state index in [-0.39, 0.29) is 31.0 Å². The predicted molar refractivity (Wildman–Crippen MR) is 114 cm³/mol. The summed E-state index contributed by atoms with van der Waals surface area (Å²) in [7, 11) is 0. The zero-order chi connectivity index (χ0) is 21.8. The number of pyridine rings is 1. The van der Waals surface area contributed by atoms with Crippen molar-refractivity contribution in [3.63, 3.8) is 0 Å². The molecule has 2 aromatic carbocycles. The number of hydrogen-bond donors (Lipinski definition) is 0. The van der Waals surface area contributed by atoms with E-state index in [9.17, 15) is 19.7 Å². The average molecular weight is 418 g/mol. The van der Waals surface area contributed by atoms with Crippen molar-refractivity contribution in [2.24, 2.45) is 0 Å². The van der Waals surface area contributed by atoms with Crippen LogP contribution >= 0.6 is 0 Å². The summed E-state index contributed by atoms with van der Waals surface area (Å²) in [6.45, 7) is 0.324. The molecule has 0 spiro atoms. The Morgan fingerprint density at radius 3 is 2.39 bits per heavy atom. The number of nitrogens with zero attached hydrogens (tertiary/aromatic N) is 4. The van der Waals surface area contributed by atoms with Gasteiger partial charge in [0.2, 0.25) is 0 Å². The van der Waals surface area contributed by atoms with E-state index in [0.717, 1.165) is 4.57 Å². The van der Waals surface area contributed by atoms with Crippen molar-refractivity contribution in [1.29, 1.82) is 0 Å². The number of aromatic nitrogens is 3. The number of para-hydroxylation sites is 1. The first kappa shape index (κ1) is 20.0. The SMILES string of the molecule is O=c1c2cccnc2n(Cc2ccc([N+](=O)[O-])cc2)c(=O)n1CCOc1ccccc1. The van der Waals surface area contributed by atoms with Crippen LogP contribution < -0.4 is 16.0 Å². The minimum absolute atomic E-state index is 0.0397. The summed E-state index contributed by atoms with van der Waals surface area (Å²) in [6.07, 6.45) is 1.51. The van der Waals surface area contributed by atoms with Gasteiger partial charge in [0.25, 0.3) is 11.2 Å². The first-order valence-corrected chi connectivity index (χ1v) is 9.54. The molecule has 0 unspecified atom stereocenters. The van der Waals surface area contributed by atoms with Gasteiger partial charge in [0.1, 0.15) is 18.0 Å². The molecule has 9 heteroatoms. The Morgan fingerprint density at radius 2 is 1.68 bits per heavy atom. The highest BCUT2D eigenvalue weighted by atomic mass is 16.6. The molecule has 0 N–H and O–H groups in total. The Hall–Kier alpha value is -4.27. The van der Waals surface area contributed by atoms with Gasteiger partial charge in [-0.2, -0.15) is 0 Å². The van der Waals surface area contributed by atoms with Gasteiger partial charge in [-0.15, -0.1) is 0 Å². The lowest BCUT2D eigenvalue weighted by Crippen LogP contribution is -2.41. The van der Waals surface area contributed by atoms with Gasteiger partial charge in [0.05, 0.1) is 23.4 Å². The lowest BCUT2D eigenvalue weighted by Gasteiger charge is -2.14. The van der Waals surface area contributed by atoms with Crippen LogP contribution in [0.5, 0.6) is 5.75 Å². The summed E-state index contributed by atoms with van der Waals surface area (Å²) in [5, 5.41) is 11.2. The fourth-order valence-corrected chi connectivity index (χ4v) is 3.26. The molecule has 2 heterocycles. The van der Waals surface area contributed by atoms with Crippen molar-refractivity contribution in [2.75, 3.05) is 6.61 Å². The van der Waals surface area contributed by atoms with Crippen LogP contribution in [-0.4, -0.2) is 25.6 Å². The van der Waals surface area contributed by atoms with E-state index in [2.05, 4.69) is 4.98 Å². The van der Waals surface area contributed by atoms with E-state index in [1.807, 2.05) is 18.2 Å². The number of hydrogen-bond acceptors (Lipinski definition) is 6. The molecular weight excluding hydrogens is 400 g/mol. The second-order valence-corrected chi connectivity index (χ2v) is 6.79. The second-order valence-electron chi connectivity index (χ2n) is 6.79. The number of ether oxygens (including phenoxy) is 1. The molecular formula is C22H18N4O5. The number of fused-ring (bicyclic) bond motifs is 1. The van der Waals surface area contributed by atoms with Crippen molar-refractivity contribution in [1.82, 2.24) is 14.1 Å². The maximum Gasteiger partial charge on any atom is 0.333 e. The molecule has 0 aliphatic rings. The lowest BCUT2D eigenvalue weighted by atomic mass is 10.2. The van der Waals surface area contributed by atoms with Gasteiger partial charge >= 0.3 is 5.69 Å². The molecule has 0 radical (unpaired) electrons. The van der Waals surface area contributed by atoms with Crippen LogP contribution in [0.1, 0.15) is 5.56 Å². The summed E-state index contributed by atoms with van der Waals surface area (Å²) in [6, 6.07) is 18.3. The van der Waals surface area contributed by atoms with Crippen molar-refractivity contribution < 1.29 is 9.66 Å². The van der Waals surface area contributed by atoms with Crippen LogP contribution in [0.4, 0.5) is 5.69 Å². The van der Waals surface area contributed by atoms with Gasteiger partial charge in [-0.25, -0.2) is 9.78 Å². The first-order valence-electron chi connectivity index (χ1n) is 9.54. The van der Waals surface area contributed by atoms with Crippen LogP contribution in [-0.2, 0) is 13.1 Å². The Bertz CT molecular complexity index is 1340. The summed E-state index contributed by atoms with van der Waals surface area (Å²) in [5.41, 5.74) is -0.0699. The van der Waals surface area contributed by atoms with E-state index < -0.39 is 16.2 Å². The summed E-state index contributed by atoms with van der Waals surface area (Å²) in [5.74, 6) is 0.643. The third-order valence-corrected chi connectivity index (χ3v) is 4.79. The minimum Gasteiger partial charge on any atom is -0.492 e. The van der Waals surface area contributed by atoms with E-state index in [0.29, 0.717) is 16.7 Å². The van der Waals surface area contributed by atoms with E-state index in [1.54, 1.807) is 36.4 Å². The molecule has 4 aromatic rings. The summed E-state index contributed by atoms with van der Waals surface area (Å²) in [4.78, 5) is 40.7. The minimum atomic E-state index is -0.522. The van der Waals surface area contributed by atoms with Gasteiger partial charge in [0.15, 0.2) is 0 Å². The third-order valence-electron chi connectivity index (χ3n) is 4.79. The predicted octanol–water partition coefficient (Wildman–Crippen LogP) is 2.59. The summed E-state index contributed by atoms with van der Waals surface area (Å²) < 4.78 is 8.15. The number of non-ortho nitro benzene ring substituents is 1. The van der Waals surface area contributed by atoms with Crippen molar-refractivity contribution in [3.05, 3.63) is 109 Å². The standard InChI is InChI=1S/C22H18N4O5/c27-21-19-7-4-12-23-20(19)25(15-16-8-10-17(11-9-16)26(29)30)22(28)24(21)13-14-31-18-5-2-1-3-6-18/h1-12H,13-15H2. The molecule has 0 saturated heterocycles. The highest BCUT2D eigenvalue weighted by Crippen LogP contribution is 2.14. The molecule has 0 amide bonds. The van der Waals surface area contributed by atoms with Crippen molar-refractivity contribution in [3.8, 4) is 5.75 Å². The molecule has 0 aliphatic heterocycles. The zero-order valence-electron chi connectivity index (χ0n) is 16.4. The fourth-order valence-electron chi connectivity index (χ4n) is 3.26.